The van der Waals surface area contributed by atoms with Gasteiger partial charge in [-0.2, -0.15) is 0 Å². The van der Waals surface area contributed by atoms with Crippen molar-refractivity contribution in [2.75, 3.05) is 0 Å². The minimum absolute atomic E-state index is 0.340. The van der Waals surface area contributed by atoms with E-state index < -0.39 is 0 Å². The molecule has 0 aromatic carbocycles. The number of rotatable bonds is 3. The molecule has 0 atom stereocenters. The molecule has 1 fully saturated rings. The van der Waals surface area contributed by atoms with Crippen molar-refractivity contribution in [1.82, 2.24) is 0 Å². The molecule has 0 nitrogen and oxygen atoms in total. The zero-order valence-corrected chi connectivity index (χ0v) is 9.10. The van der Waals surface area contributed by atoms with Crippen LogP contribution in [0.3, 0.4) is 0 Å². The van der Waals surface area contributed by atoms with Gasteiger partial charge in [-0.15, -0.1) is 0 Å². The second-order valence-electron chi connectivity index (χ2n) is 2.59. The van der Waals surface area contributed by atoms with Gasteiger partial charge in [-0.05, 0) is 17.1 Å². The molecule has 0 aromatic heterocycles. The SMILES string of the molecule is CCCC[SiH]1[SiH2][SiH2]1. The van der Waals surface area contributed by atoms with Crippen molar-refractivity contribution in [3.8, 4) is 0 Å². The molecule has 3 heteroatoms. The van der Waals surface area contributed by atoms with Gasteiger partial charge in [0.15, 0.2) is 0 Å². The minimum atomic E-state index is 0.340. The van der Waals surface area contributed by atoms with Crippen LogP contribution in [0.5, 0.6) is 0 Å². The Morgan fingerprint density at radius 2 is 2.14 bits per heavy atom. The highest BCUT2D eigenvalue weighted by atomic mass is 30.1. The van der Waals surface area contributed by atoms with E-state index in [4.69, 9.17) is 0 Å². The third-order valence-electron chi connectivity index (χ3n) is 1.66. The predicted molar refractivity (Wildman–Crippen MR) is 44.0 cm³/mol. The molecule has 1 rings (SSSR count). The summed E-state index contributed by atoms with van der Waals surface area (Å²) in [6.07, 6.45) is 3.06. The van der Waals surface area contributed by atoms with E-state index in [1.54, 1.807) is 12.5 Å². The molecule has 0 bridgehead atoms. The smallest absolute Gasteiger partial charge is 0.00633 e. The van der Waals surface area contributed by atoms with E-state index in [1.807, 2.05) is 0 Å². The van der Waals surface area contributed by atoms with E-state index in [0.29, 0.717) is 7.83 Å². The van der Waals surface area contributed by atoms with Gasteiger partial charge in [0.25, 0.3) is 0 Å². The predicted octanol–water partition coefficient (Wildman–Crippen LogP) is -0.727. The highest BCUT2D eigenvalue weighted by Crippen LogP contribution is 2.05. The Morgan fingerprint density at radius 1 is 1.43 bits per heavy atom. The Morgan fingerprint density at radius 3 is 2.57 bits per heavy atom. The maximum atomic E-state index is 2.32. The van der Waals surface area contributed by atoms with Crippen LogP contribution in [-0.4, -0.2) is 24.9 Å². The average molecular weight is 146 g/mol. The van der Waals surface area contributed by atoms with Crippen LogP contribution in [0.15, 0.2) is 0 Å². The topological polar surface area (TPSA) is 0 Å². The van der Waals surface area contributed by atoms with Gasteiger partial charge in [0.05, 0.1) is 0 Å². The van der Waals surface area contributed by atoms with Crippen LogP contribution in [0, 0.1) is 0 Å². The van der Waals surface area contributed by atoms with Crippen LogP contribution in [0.25, 0.3) is 0 Å². The highest BCUT2D eigenvalue weighted by Gasteiger charge is 2.22. The molecular weight excluding hydrogens is 132 g/mol. The lowest BCUT2D eigenvalue weighted by atomic mass is 10.4. The summed E-state index contributed by atoms with van der Waals surface area (Å²) in [5, 5.41) is 0. The first-order chi connectivity index (χ1) is 3.43. The molecule has 0 radical (unpaired) electrons. The van der Waals surface area contributed by atoms with E-state index in [0.717, 1.165) is 17.1 Å². The summed E-state index contributed by atoms with van der Waals surface area (Å²) >= 11 is 0. The quantitative estimate of drug-likeness (QED) is 0.461. The zero-order chi connectivity index (χ0) is 5.11. The zero-order valence-electron chi connectivity index (χ0n) is 5.11. The Kier molecular flexibility index (Phi) is 2.34. The van der Waals surface area contributed by atoms with Crippen LogP contribution in [0.1, 0.15) is 19.8 Å². The van der Waals surface area contributed by atoms with Crippen molar-refractivity contribution in [3.05, 3.63) is 0 Å². The van der Waals surface area contributed by atoms with Gasteiger partial charge in [0.1, 0.15) is 0 Å². The molecule has 7 heavy (non-hydrogen) atoms. The molecule has 0 unspecified atom stereocenters. The minimum Gasteiger partial charge on any atom is -0.0654 e. The lowest BCUT2D eigenvalue weighted by Gasteiger charge is -1.88. The van der Waals surface area contributed by atoms with Crippen LogP contribution < -0.4 is 0 Å². The molecule has 0 N–H and O–H groups in total. The van der Waals surface area contributed by atoms with Gasteiger partial charge in [-0.1, -0.05) is 25.8 Å². The fourth-order valence-electron chi connectivity index (χ4n) is 0.899. The van der Waals surface area contributed by atoms with Crippen LogP contribution in [-0.2, 0) is 0 Å². The summed E-state index contributed by atoms with van der Waals surface area (Å²) < 4.78 is 0. The molecule has 0 amide bonds. The van der Waals surface area contributed by atoms with Crippen LogP contribution in [0.4, 0.5) is 0 Å². The van der Waals surface area contributed by atoms with Gasteiger partial charge in [-0.3, -0.25) is 0 Å². The molecule has 1 aliphatic rings. The first-order valence-corrected chi connectivity index (χ1v) is 14.8. The largest absolute Gasteiger partial charge is 0.0654 e. The molecular formula is C4H14Si3. The van der Waals surface area contributed by atoms with Crippen LogP contribution in [0.2, 0.25) is 6.04 Å². The summed E-state index contributed by atoms with van der Waals surface area (Å²) in [6, 6.07) is 1.77. The second-order valence-corrected chi connectivity index (χ2v) is 30.3. The van der Waals surface area contributed by atoms with Gasteiger partial charge in [0.2, 0.25) is 0 Å². The Balaban J connectivity index is 1.80. The molecule has 1 saturated heterocycles. The number of hydrogen-bond donors (Lipinski definition) is 0. The van der Waals surface area contributed by atoms with Crippen LogP contribution >= 0.6 is 0 Å². The van der Waals surface area contributed by atoms with Crippen molar-refractivity contribution in [3.63, 3.8) is 0 Å². The van der Waals surface area contributed by atoms with Crippen molar-refractivity contribution < 1.29 is 0 Å². The van der Waals surface area contributed by atoms with Crippen molar-refractivity contribution in [1.29, 1.82) is 0 Å². The molecule has 1 heterocycles. The molecule has 0 aliphatic carbocycles. The van der Waals surface area contributed by atoms with Crippen molar-refractivity contribution in [2.45, 2.75) is 25.8 Å². The fraction of sp³-hybridized carbons (Fsp3) is 1.00. The summed E-state index contributed by atoms with van der Waals surface area (Å²) in [4.78, 5) is 0. The summed E-state index contributed by atoms with van der Waals surface area (Å²) in [5.41, 5.74) is 0. The number of hydrogen-bond acceptors (Lipinski definition) is 0. The van der Waals surface area contributed by atoms with E-state index in [1.165, 1.54) is 6.42 Å². The Hall–Kier alpha value is 0.651. The normalized spacial score (nSPS) is 34.7. The van der Waals surface area contributed by atoms with E-state index in [-0.39, 0.29) is 0 Å². The van der Waals surface area contributed by atoms with Gasteiger partial charge < -0.3 is 0 Å². The lowest BCUT2D eigenvalue weighted by molar-refractivity contribution is 0.881. The molecule has 42 valence electrons. The first-order valence-electron chi connectivity index (χ1n) is 3.43. The first kappa shape index (κ1) is 5.78. The Labute approximate surface area is 51.3 Å². The maximum absolute atomic E-state index is 2.32. The molecule has 0 spiro atoms. The van der Waals surface area contributed by atoms with Crippen molar-refractivity contribution >= 4 is 24.9 Å². The third-order valence-corrected chi connectivity index (χ3v) is 23.5. The van der Waals surface area contributed by atoms with Gasteiger partial charge >= 0.3 is 0 Å². The summed E-state index contributed by atoms with van der Waals surface area (Å²) in [7, 11) is 2.02. The second kappa shape index (κ2) is 2.84. The van der Waals surface area contributed by atoms with Crippen molar-refractivity contribution in [2.24, 2.45) is 0 Å². The maximum Gasteiger partial charge on any atom is 0.00633 e. The van der Waals surface area contributed by atoms with Gasteiger partial charge in [0, 0.05) is 7.83 Å². The van der Waals surface area contributed by atoms with E-state index in [2.05, 4.69) is 6.92 Å². The molecule has 0 aromatic rings. The highest BCUT2D eigenvalue weighted by molar-refractivity contribution is 7.83. The molecule has 0 saturated carbocycles. The monoisotopic (exact) mass is 146 g/mol. The third kappa shape index (κ3) is 2.46. The summed E-state index contributed by atoms with van der Waals surface area (Å²) in [5.74, 6) is 0. The fourth-order valence-corrected chi connectivity index (χ4v) is 20.6. The standard InChI is InChI=1S/C4H14Si3/c1-2-3-4-7-5-6-7/h7H,2-6H2,1H3. The number of unbranched alkanes of at least 4 members (excludes halogenated alkanes) is 1. The average Bonchev–Trinajstić information content (AvgIpc) is 2.42. The Bertz CT molecular complexity index is 50.9. The van der Waals surface area contributed by atoms with Gasteiger partial charge in [-0.25, -0.2) is 0 Å². The van der Waals surface area contributed by atoms with E-state index >= 15 is 0 Å². The molecule has 1 aliphatic heterocycles. The van der Waals surface area contributed by atoms with E-state index in [9.17, 15) is 0 Å². The summed E-state index contributed by atoms with van der Waals surface area (Å²) in [6.45, 7) is 2.32. The lowest BCUT2D eigenvalue weighted by Crippen LogP contribution is -1.89.